The van der Waals surface area contributed by atoms with Gasteiger partial charge in [0.2, 0.25) is 11.8 Å². The van der Waals surface area contributed by atoms with E-state index in [2.05, 4.69) is 6.26 Å². The van der Waals surface area contributed by atoms with E-state index < -0.39 is 0 Å². The third-order valence-corrected chi connectivity index (χ3v) is 4.74. The summed E-state index contributed by atoms with van der Waals surface area (Å²) in [5.41, 5.74) is 0. The second kappa shape index (κ2) is 7.17. The Morgan fingerprint density at radius 2 is 2.05 bits per heavy atom. The number of hydrogen-bond donors (Lipinski definition) is 0. The topological polar surface area (TPSA) is 40.6 Å². The Bertz CT molecular complexity index is 335. The summed E-state index contributed by atoms with van der Waals surface area (Å²) in [6.45, 7) is 2.20. The van der Waals surface area contributed by atoms with E-state index in [1.54, 1.807) is 0 Å². The maximum atomic E-state index is 12.5. The summed E-state index contributed by atoms with van der Waals surface area (Å²) in [6.07, 6.45) is 7.77. The minimum atomic E-state index is -0.163. The molecule has 2 amide bonds. The second-order valence-electron chi connectivity index (χ2n) is 5.37. The van der Waals surface area contributed by atoms with Gasteiger partial charge in [0.1, 0.15) is 6.04 Å². The molecule has 2 saturated heterocycles. The highest BCUT2D eigenvalue weighted by molar-refractivity contribution is 7.98. The smallest absolute Gasteiger partial charge is 0.245 e. The Kier molecular flexibility index (Phi) is 5.55. The number of unbranched alkanes of at least 4 members (excludes halogenated alkanes) is 1. The van der Waals surface area contributed by atoms with Crippen LogP contribution in [0.25, 0.3) is 0 Å². The average Bonchev–Trinajstić information content (AvgIpc) is 2.56. The summed E-state index contributed by atoms with van der Waals surface area (Å²) in [5.74, 6) is 1.51. The van der Waals surface area contributed by atoms with Crippen LogP contribution >= 0.6 is 11.8 Å². The van der Waals surface area contributed by atoms with Gasteiger partial charge in [0.15, 0.2) is 0 Å². The van der Waals surface area contributed by atoms with Crippen molar-refractivity contribution in [3.05, 3.63) is 0 Å². The van der Waals surface area contributed by atoms with Gasteiger partial charge in [-0.1, -0.05) is 0 Å². The number of carbonyl (C=O) groups excluding carboxylic acids is 2. The standard InChI is InChI=1S/C14H24N2O2S/c1-19-11-5-4-8-15-10-7-13(17)16-9-3-2-6-12(16)14(15)18/h12H,2-11H2,1H3. The molecule has 1 unspecified atom stereocenters. The molecule has 0 aromatic heterocycles. The third kappa shape index (κ3) is 3.65. The lowest BCUT2D eigenvalue weighted by Crippen LogP contribution is -2.49. The first-order valence-electron chi connectivity index (χ1n) is 7.31. The van der Waals surface area contributed by atoms with Crippen LogP contribution in [-0.4, -0.2) is 59.3 Å². The number of rotatable bonds is 5. The van der Waals surface area contributed by atoms with Crippen molar-refractivity contribution in [3.8, 4) is 0 Å². The van der Waals surface area contributed by atoms with Crippen LogP contribution in [0.3, 0.4) is 0 Å². The molecule has 2 aliphatic rings. The first-order valence-corrected chi connectivity index (χ1v) is 8.70. The van der Waals surface area contributed by atoms with Crippen molar-refractivity contribution in [1.82, 2.24) is 9.80 Å². The Morgan fingerprint density at radius 1 is 1.21 bits per heavy atom. The zero-order valence-electron chi connectivity index (χ0n) is 11.8. The maximum Gasteiger partial charge on any atom is 0.245 e. The van der Waals surface area contributed by atoms with E-state index in [0.717, 1.165) is 50.9 Å². The molecule has 0 aromatic rings. The molecule has 0 saturated carbocycles. The van der Waals surface area contributed by atoms with Crippen molar-refractivity contribution in [2.45, 2.75) is 44.6 Å². The fourth-order valence-corrected chi connectivity index (χ4v) is 3.45. The number of nitrogens with zero attached hydrogens (tertiary/aromatic N) is 2. The van der Waals surface area contributed by atoms with Crippen molar-refractivity contribution in [1.29, 1.82) is 0 Å². The number of fused-ring (bicyclic) bond motifs is 1. The lowest BCUT2D eigenvalue weighted by molar-refractivity contribution is -0.143. The number of amides is 2. The summed E-state index contributed by atoms with van der Waals surface area (Å²) >= 11 is 1.85. The fraction of sp³-hybridized carbons (Fsp3) is 0.857. The van der Waals surface area contributed by atoms with Gasteiger partial charge in [0, 0.05) is 26.1 Å². The number of piperidine rings is 1. The van der Waals surface area contributed by atoms with E-state index in [1.807, 2.05) is 21.6 Å². The van der Waals surface area contributed by atoms with Crippen molar-refractivity contribution in [3.63, 3.8) is 0 Å². The summed E-state index contributed by atoms with van der Waals surface area (Å²) in [6, 6.07) is -0.163. The summed E-state index contributed by atoms with van der Waals surface area (Å²) in [4.78, 5) is 28.3. The first kappa shape index (κ1) is 14.7. The van der Waals surface area contributed by atoms with Gasteiger partial charge >= 0.3 is 0 Å². The zero-order valence-corrected chi connectivity index (χ0v) is 12.6. The van der Waals surface area contributed by atoms with Gasteiger partial charge < -0.3 is 9.80 Å². The van der Waals surface area contributed by atoms with E-state index in [9.17, 15) is 9.59 Å². The zero-order chi connectivity index (χ0) is 13.7. The lowest BCUT2D eigenvalue weighted by Gasteiger charge is -2.34. The molecule has 0 aromatic carbocycles. The Morgan fingerprint density at radius 3 is 2.84 bits per heavy atom. The molecule has 1 atom stereocenters. The molecule has 0 bridgehead atoms. The van der Waals surface area contributed by atoms with Crippen LogP contribution in [0.5, 0.6) is 0 Å². The van der Waals surface area contributed by atoms with E-state index in [1.165, 1.54) is 0 Å². The predicted octanol–water partition coefficient (Wildman–Crippen LogP) is 1.74. The molecule has 2 aliphatic heterocycles. The van der Waals surface area contributed by atoms with Gasteiger partial charge in [-0.3, -0.25) is 9.59 Å². The molecule has 2 heterocycles. The molecule has 0 N–H and O–H groups in total. The molecule has 4 nitrogen and oxygen atoms in total. The highest BCUT2D eigenvalue weighted by Gasteiger charge is 2.37. The van der Waals surface area contributed by atoms with Crippen molar-refractivity contribution in [2.75, 3.05) is 31.6 Å². The van der Waals surface area contributed by atoms with Crippen LogP contribution in [0, 0.1) is 0 Å². The molecule has 2 rings (SSSR count). The largest absolute Gasteiger partial charge is 0.340 e. The van der Waals surface area contributed by atoms with Gasteiger partial charge in [0.05, 0.1) is 0 Å². The summed E-state index contributed by atoms with van der Waals surface area (Å²) in [7, 11) is 0. The van der Waals surface area contributed by atoms with E-state index in [0.29, 0.717) is 13.0 Å². The number of carbonyl (C=O) groups is 2. The van der Waals surface area contributed by atoms with Gasteiger partial charge in [-0.15, -0.1) is 0 Å². The Balaban J connectivity index is 1.94. The highest BCUT2D eigenvalue weighted by Crippen LogP contribution is 2.23. The van der Waals surface area contributed by atoms with Crippen LogP contribution in [0.15, 0.2) is 0 Å². The summed E-state index contributed by atoms with van der Waals surface area (Å²) in [5, 5.41) is 0. The first-order chi connectivity index (χ1) is 9.24. The Hall–Kier alpha value is -0.710. The van der Waals surface area contributed by atoms with E-state index >= 15 is 0 Å². The molecule has 0 spiro atoms. The van der Waals surface area contributed by atoms with Crippen molar-refractivity contribution in [2.24, 2.45) is 0 Å². The molecule has 0 radical (unpaired) electrons. The average molecular weight is 284 g/mol. The molecule has 19 heavy (non-hydrogen) atoms. The SMILES string of the molecule is CSCCCCN1CCC(=O)N2CCCCC2C1=O. The van der Waals surface area contributed by atoms with Gasteiger partial charge in [-0.2, -0.15) is 11.8 Å². The van der Waals surface area contributed by atoms with Gasteiger partial charge in [0.25, 0.3) is 0 Å². The molecule has 2 fully saturated rings. The quantitative estimate of drug-likeness (QED) is 0.722. The predicted molar refractivity (Wildman–Crippen MR) is 78.2 cm³/mol. The van der Waals surface area contributed by atoms with Crippen LogP contribution in [0.1, 0.15) is 38.5 Å². The fourth-order valence-electron chi connectivity index (χ4n) is 2.95. The van der Waals surface area contributed by atoms with E-state index in [-0.39, 0.29) is 17.9 Å². The molecular weight excluding hydrogens is 260 g/mol. The molecule has 5 heteroatoms. The van der Waals surface area contributed by atoms with Crippen molar-refractivity contribution >= 4 is 23.6 Å². The highest BCUT2D eigenvalue weighted by atomic mass is 32.2. The molecular formula is C14H24N2O2S. The van der Waals surface area contributed by atoms with E-state index in [4.69, 9.17) is 0 Å². The number of hydrogen-bond acceptors (Lipinski definition) is 3. The van der Waals surface area contributed by atoms with Gasteiger partial charge in [-0.25, -0.2) is 0 Å². The second-order valence-corrected chi connectivity index (χ2v) is 6.36. The lowest BCUT2D eigenvalue weighted by atomic mass is 10.0. The summed E-state index contributed by atoms with van der Waals surface area (Å²) < 4.78 is 0. The third-order valence-electron chi connectivity index (χ3n) is 4.04. The van der Waals surface area contributed by atoms with Crippen molar-refractivity contribution < 1.29 is 9.59 Å². The minimum Gasteiger partial charge on any atom is -0.340 e. The minimum absolute atomic E-state index is 0.163. The normalized spacial score (nSPS) is 24.4. The monoisotopic (exact) mass is 284 g/mol. The Labute approximate surface area is 119 Å². The van der Waals surface area contributed by atoms with Crippen LogP contribution in [-0.2, 0) is 9.59 Å². The molecule has 108 valence electrons. The van der Waals surface area contributed by atoms with Gasteiger partial charge in [-0.05, 0) is 44.1 Å². The molecule has 0 aliphatic carbocycles. The van der Waals surface area contributed by atoms with Crippen LogP contribution < -0.4 is 0 Å². The number of thioether (sulfide) groups is 1. The maximum absolute atomic E-state index is 12.5. The van der Waals surface area contributed by atoms with Crippen LogP contribution in [0.2, 0.25) is 0 Å². The van der Waals surface area contributed by atoms with Crippen LogP contribution in [0.4, 0.5) is 0 Å².